The van der Waals surface area contributed by atoms with Crippen molar-refractivity contribution in [3.63, 3.8) is 0 Å². The molecule has 2 aromatic rings. The number of nitrogens with zero attached hydrogens (tertiary/aromatic N) is 2. The number of guanidine groups is 1. The minimum atomic E-state index is 0. The molecule has 0 radical (unpaired) electrons. The zero-order valence-corrected chi connectivity index (χ0v) is 19.2. The largest absolute Gasteiger partial charge is 0.469 e. The highest BCUT2D eigenvalue weighted by molar-refractivity contribution is 14.0. The highest BCUT2D eigenvalue weighted by Crippen LogP contribution is 2.25. The van der Waals surface area contributed by atoms with E-state index in [1.54, 1.807) is 12.5 Å². The van der Waals surface area contributed by atoms with Crippen molar-refractivity contribution in [1.29, 1.82) is 0 Å². The predicted octanol–water partition coefficient (Wildman–Crippen LogP) is 4.20. The molecular weight excluding hydrogens is 467 g/mol. The van der Waals surface area contributed by atoms with Gasteiger partial charge >= 0.3 is 0 Å². The van der Waals surface area contributed by atoms with E-state index >= 15 is 0 Å². The van der Waals surface area contributed by atoms with Crippen LogP contribution in [0.25, 0.3) is 0 Å². The molecule has 1 aliphatic rings. The van der Waals surface area contributed by atoms with E-state index in [0.717, 1.165) is 50.0 Å². The summed E-state index contributed by atoms with van der Waals surface area (Å²) in [5.74, 6) is 2.83. The van der Waals surface area contributed by atoms with Crippen LogP contribution in [0.5, 0.6) is 0 Å². The second kappa shape index (κ2) is 12.2. The van der Waals surface area contributed by atoms with Crippen LogP contribution in [0, 0.1) is 0 Å². The number of likely N-dealkylation sites (tertiary alicyclic amines) is 1. The summed E-state index contributed by atoms with van der Waals surface area (Å²) in [5.41, 5.74) is 0. The zero-order chi connectivity index (χ0) is 18.9. The van der Waals surface area contributed by atoms with E-state index in [9.17, 15) is 0 Å². The molecule has 6 nitrogen and oxygen atoms in total. The van der Waals surface area contributed by atoms with Gasteiger partial charge in [0.25, 0.3) is 0 Å². The van der Waals surface area contributed by atoms with Crippen LogP contribution >= 0.6 is 24.0 Å². The average molecular weight is 500 g/mol. The van der Waals surface area contributed by atoms with Crippen molar-refractivity contribution >= 4 is 29.9 Å². The second-order valence-corrected chi connectivity index (χ2v) is 7.17. The summed E-state index contributed by atoms with van der Waals surface area (Å²) in [4.78, 5) is 7.37. The Kier molecular flexibility index (Phi) is 9.91. The van der Waals surface area contributed by atoms with E-state index in [2.05, 4.69) is 35.4 Å². The summed E-state index contributed by atoms with van der Waals surface area (Å²) in [6, 6.07) is 8.51. The van der Waals surface area contributed by atoms with Gasteiger partial charge in [0.1, 0.15) is 11.5 Å². The summed E-state index contributed by atoms with van der Waals surface area (Å²) in [5, 5.41) is 6.94. The van der Waals surface area contributed by atoms with E-state index < -0.39 is 0 Å². The molecule has 156 valence electrons. The number of rotatable bonds is 9. The fraction of sp³-hybridized carbons (Fsp3) is 0.571. The van der Waals surface area contributed by atoms with Crippen LogP contribution in [0.4, 0.5) is 0 Å². The van der Waals surface area contributed by atoms with Crippen molar-refractivity contribution in [3.05, 3.63) is 48.3 Å². The van der Waals surface area contributed by atoms with Crippen LogP contribution in [-0.4, -0.2) is 43.1 Å². The summed E-state index contributed by atoms with van der Waals surface area (Å²) in [6.07, 6.45) is 7.85. The second-order valence-electron chi connectivity index (χ2n) is 7.17. The Hall–Kier alpha value is -1.48. The van der Waals surface area contributed by atoms with Crippen LogP contribution < -0.4 is 10.6 Å². The van der Waals surface area contributed by atoms with Gasteiger partial charge in [0.05, 0.1) is 25.1 Å². The Morgan fingerprint density at radius 3 is 2.57 bits per heavy atom. The lowest BCUT2D eigenvalue weighted by Crippen LogP contribution is -2.43. The zero-order valence-electron chi connectivity index (χ0n) is 16.9. The van der Waals surface area contributed by atoms with Gasteiger partial charge in [-0.3, -0.25) is 9.89 Å². The fourth-order valence-corrected chi connectivity index (χ4v) is 3.34. The Labute approximate surface area is 185 Å². The molecule has 0 amide bonds. The third kappa shape index (κ3) is 6.84. The van der Waals surface area contributed by atoms with Gasteiger partial charge in [-0.15, -0.1) is 24.0 Å². The third-order valence-corrected chi connectivity index (χ3v) is 5.11. The van der Waals surface area contributed by atoms with Crippen LogP contribution in [-0.2, 0) is 6.42 Å². The van der Waals surface area contributed by atoms with E-state index in [1.807, 2.05) is 18.2 Å². The summed E-state index contributed by atoms with van der Waals surface area (Å²) in [7, 11) is 0. The highest BCUT2D eigenvalue weighted by atomic mass is 127. The molecule has 2 N–H and O–H groups in total. The Morgan fingerprint density at radius 1 is 1.18 bits per heavy atom. The van der Waals surface area contributed by atoms with Crippen LogP contribution in [0.15, 0.2) is 50.6 Å². The fourth-order valence-electron chi connectivity index (χ4n) is 3.34. The minimum absolute atomic E-state index is 0. The maximum Gasteiger partial charge on any atom is 0.191 e. The third-order valence-electron chi connectivity index (χ3n) is 5.11. The number of halogens is 1. The Bertz CT molecular complexity index is 667. The molecule has 28 heavy (non-hydrogen) atoms. The molecule has 0 spiro atoms. The van der Waals surface area contributed by atoms with Gasteiger partial charge in [0.15, 0.2) is 5.96 Å². The lowest BCUT2D eigenvalue weighted by atomic mass is 10.2. The molecule has 3 heterocycles. The first-order valence-electron chi connectivity index (χ1n) is 10.1. The number of aliphatic imine (C=N–C) groups is 1. The van der Waals surface area contributed by atoms with Crippen LogP contribution in [0.3, 0.4) is 0 Å². The van der Waals surface area contributed by atoms with E-state index in [0.29, 0.717) is 12.6 Å². The first-order chi connectivity index (χ1) is 13.3. The monoisotopic (exact) mass is 500 g/mol. The first kappa shape index (κ1) is 22.8. The van der Waals surface area contributed by atoms with Crippen LogP contribution in [0.1, 0.15) is 50.7 Å². The number of hydrogen-bond donors (Lipinski definition) is 2. The number of hydrogen-bond acceptors (Lipinski definition) is 4. The van der Waals surface area contributed by atoms with Gasteiger partial charge in [-0.25, -0.2) is 0 Å². The molecule has 2 unspecified atom stereocenters. The number of nitrogens with one attached hydrogen (secondary N) is 2. The molecule has 0 aliphatic carbocycles. The molecular formula is C21H33IN4O2. The molecule has 3 rings (SSSR count). The SMILES string of the molecule is CCC(C)NC(=NCC(c1ccco1)N1CCCC1)NCCc1ccco1.I. The molecule has 2 aromatic heterocycles. The molecule has 1 aliphatic heterocycles. The maximum atomic E-state index is 5.71. The molecule has 0 bridgehead atoms. The van der Waals surface area contributed by atoms with Gasteiger partial charge < -0.3 is 19.5 Å². The highest BCUT2D eigenvalue weighted by Gasteiger charge is 2.25. The smallest absolute Gasteiger partial charge is 0.191 e. The van der Waals surface area contributed by atoms with E-state index in [-0.39, 0.29) is 30.0 Å². The Balaban J connectivity index is 0.00000280. The summed E-state index contributed by atoms with van der Waals surface area (Å²) in [6.45, 7) is 8.04. The first-order valence-corrected chi connectivity index (χ1v) is 10.1. The average Bonchev–Trinajstić information content (AvgIpc) is 3.44. The van der Waals surface area contributed by atoms with Gasteiger partial charge in [0, 0.05) is 19.0 Å². The van der Waals surface area contributed by atoms with Crippen molar-refractivity contribution in [1.82, 2.24) is 15.5 Å². The van der Waals surface area contributed by atoms with Crippen molar-refractivity contribution in [2.24, 2.45) is 4.99 Å². The van der Waals surface area contributed by atoms with Gasteiger partial charge in [-0.05, 0) is 63.5 Å². The lowest BCUT2D eigenvalue weighted by molar-refractivity contribution is 0.221. The molecule has 1 saturated heterocycles. The quantitative estimate of drug-likeness (QED) is 0.307. The van der Waals surface area contributed by atoms with E-state index in [1.165, 1.54) is 12.8 Å². The number of furan rings is 2. The Morgan fingerprint density at radius 2 is 1.93 bits per heavy atom. The van der Waals surface area contributed by atoms with Crippen molar-refractivity contribution in [2.45, 2.75) is 51.6 Å². The summed E-state index contributed by atoms with van der Waals surface area (Å²) >= 11 is 0. The predicted molar refractivity (Wildman–Crippen MR) is 123 cm³/mol. The molecule has 0 aromatic carbocycles. The summed E-state index contributed by atoms with van der Waals surface area (Å²) < 4.78 is 11.1. The molecule has 1 fully saturated rings. The van der Waals surface area contributed by atoms with Crippen molar-refractivity contribution in [2.75, 3.05) is 26.2 Å². The van der Waals surface area contributed by atoms with Gasteiger partial charge in [-0.1, -0.05) is 6.92 Å². The van der Waals surface area contributed by atoms with Crippen LogP contribution in [0.2, 0.25) is 0 Å². The lowest BCUT2D eigenvalue weighted by Gasteiger charge is -2.25. The molecule has 2 atom stereocenters. The molecule has 7 heteroatoms. The van der Waals surface area contributed by atoms with Gasteiger partial charge in [0.2, 0.25) is 0 Å². The van der Waals surface area contributed by atoms with Crippen molar-refractivity contribution < 1.29 is 8.83 Å². The maximum absolute atomic E-state index is 5.71. The molecule has 0 saturated carbocycles. The topological polar surface area (TPSA) is 65.9 Å². The standard InChI is InChI=1S/C21H32N4O2.HI/c1-3-17(2)24-21(22-11-10-18-8-6-14-26-18)23-16-19(20-9-7-15-27-20)25-12-4-5-13-25;/h6-9,14-15,17,19H,3-5,10-13,16H2,1-2H3,(H2,22,23,24);1H. The minimum Gasteiger partial charge on any atom is -0.469 e. The van der Waals surface area contributed by atoms with Crippen molar-refractivity contribution in [3.8, 4) is 0 Å². The van der Waals surface area contributed by atoms with E-state index in [4.69, 9.17) is 13.8 Å². The normalized spacial score (nSPS) is 17.1. The van der Waals surface area contributed by atoms with Gasteiger partial charge in [-0.2, -0.15) is 0 Å².